The van der Waals surface area contributed by atoms with E-state index in [1.165, 1.54) is 12.3 Å². The first-order chi connectivity index (χ1) is 9.84. The van der Waals surface area contributed by atoms with Crippen molar-refractivity contribution in [1.82, 2.24) is 15.6 Å². The molecule has 7 nitrogen and oxygen atoms in total. The minimum absolute atomic E-state index is 0.0262. The van der Waals surface area contributed by atoms with Crippen LogP contribution in [0.5, 0.6) is 0 Å². The summed E-state index contributed by atoms with van der Waals surface area (Å²) < 4.78 is 5.47. The van der Waals surface area contributed by atoms with Crippen LogP contribution in [-0.4, -0.2) is 40.8 Å². The quantitative estimate of drug-likeness (QED) is 0.706. The third-order valence-corrected chi connectivity index (χ3v) is 2.71. The van der Waals surface area contributed by atoms with E-state index in [1.807, 2.05) is 20.8 Å². The number of nitrogens with one attached hydrogen (secondary N) is 2. The first kappa shape index (κ1) is 16.9. The van der Waals surface area contributed by atoms with Gasteiger partial charge in [0.1, 0.15) is 5.69 Å². The van der Waals surface area contributed by atoms with Crippen molar-refractivity contribution in [1.29, 1.82) is 0 Å². The molecular weight excluding hydrogens is 274 g/mol. The van der Waals surface area contributed by atoms with Gasteiger partial charge in [-0.2, -0.15) is 0 Å². The molecule has 0 atom stereocenters. The van der Waals surface area contributed by atoms with Crippen molar-refractivity contribution in [3.8, 4) is 0 Å². The van der Waals surface area contributed by atoms with Crippen LogP contribution in [-0.2, 0) is 11.3 Å². The normalized spacial score (nSPS) is 11.0. The van der Waals surface area contributed by atoms with Crippen LogP contribution in [0.3, 0.4) is 0 Å². The summed E-state index contributed by atoms with van der Waals surface area (Å²) in [6, 6.07) is 2.70. The van der Waals surface area contributed by atoms with E-state index >= 15 is 0 Å². The van der Waals surface area contributed by atoms with Crippen LogP contribution in [0.15, 0.2) is 18.3 Å². The van der Waals surface area contributed by atoms with Gasteiger partial charge in [-0.05, 0) is 32.4 Å². The molecule has 0 aliphatic heterocycles. The minimum atomic E-state index is -1.08. The Morgan fingerprint density at radius 2 is 2.05 bits per heavy atom. The molecule has 0 bridgehead atoms. The number of aromatic nitrogens is 1. The Morgan fingerprint density at radius 3 is 2.57 bits per heavy atom. The molecule has 0 aliphatic rings. The largest absolute Gasteiger partial charge is 0.477 e. The molecule has 1 aromatic heterocycles. The maximum absolute atomic E-state index is 11.7. The summed E-state index contributed by atoms with van der Waals surface area (Å²) in [5.74, 6) is -1.08. The molecule has 116 valence electrons. The maximum Gasteiger partial charge on any atom is 0.354 e. The third kappa shape index (κ3) is 6.22. The van der Waals surface area contributed by atoms with Gasteiger partial charge < -0.3 is 20.5 Å². The van der Waals surface area contributed by atoms with Crippen molar-refractivity contribution < 1.29 is 19.4 Å². The average Bonchev–Trinajstić information content (AvgIpc) is 2.43. The number of hydrogen-bond acceptors (Lipinski definition) is 4. The fourth-order valence-corrected chi connectivity index (χ4v) is 1.64. The van der Waals surface area contributed by atoms with Gasteiger partial charge in [0.05, 0.1) is 5.60 Å². The van der Waals surface area contributed by atoms with E-state index in [4.69, 9.17) is 9.84 Å². The summed E-state index contributed by atoms with van der Waals surface area (Å²) in [4.78, 5) is 26.1. The van der Waals surface area contributed by atoms with E-state index in [1.54, 1.807) is 6.07 Å². The van der Waals surface area contributed by atoms with Crippen LogP contribution >= 0.6 is 0 Å². The Morgan fingerprint density at radius 1 is 1.33 bits per heavy atom. The van der Waals surface area contributed by atoms with E-state index in [0.29, 0.717) is 13.2 Å². The Hall–Kier alpha value is -2.15. The molecule has 3 N–H and O–H groups in total. The lowest BCUT2D eigenvalue weighted by Gasteiger charge is -2.24. The highest BCUT2D eigenvalue weighted by molar-refractivity contribution is 5.85. The number of carbonyl (C=O) groups is 2. The first-order valence-corrected chi connectivity index (χ1v) is 6.68. The predicted octanol–water partition coefficient (Wildman–Crippen LogP) is 1.39. The van der Waals surface area contributed by atoms with E-state index in [9.17, 15) is 9.59 Å². The van der Waals surface area contributed by atoms with Crippen molar-refractivity contribution in [2.45, 2.75) is 32.9 Å². The molecule has 1 aromatic rings. The monoisotopic (exact) mass is 295 g/mol. The van der Waals surface area contributed by atoms with Crippen molar-refractivity contribution in [2.24, 2.45) is 0 Å². The van der Waals surface area contributed by atoms with Gasteiger partial charge in [0.15, 0.2) is 0 Å². The molecule has 0 saturated heterocycles. The minimum Gasteiger partial charge on any atom is -0.477 e. The van der Waals surface area contributed by atoms with Crippen LogP contribution in [0.2, 0.25) is 0 Å². The summed E-state index contributed by atoms with van der Waals surface area (Å²) in [6.07, 6.45) is 1.42. The topological polar surface area (TPSA) is 101 Å². The number of nitrogens with zero attached hydrogens (tertiary/aromatic N) is 1. The number of urea groups is 1. The van der Waals surface area contributed by atoms with Crippen molar-refractivity contribution in [3.05, 3.63) is 29.6 Å². The SMILES string of the molecule is CCOC(C)(C)CNC(=O)NCc1ccc(C(=O)O)nc1. The lowest BCUT2D eigenvalue weighted by atomic mass is 10.1. The number of carboxylic acid groups (broad SMARTS) is 1. The van der Waals surface area contributed by atoms with Gasteiger partial charge in [-0.3, -0.25) is 0 Å². The summed E-state index contributed by atoms with van der Waals surface area (Å²) in [5.41, 5.74) is 0.275. The lowest BCUT2D eigenvalue weighted by molar-refractivity contribution is -0.00690. The molecule has 0 fully saturated rings. The summed E-state index contributed by atoms with van der Waals surface area (Å²) in [6.45, 7) is 6.93. The van der Waals surface area contributed by atoms with Crippen molar-refractivity contribution >= 4 is 12.0 Å². The molecule has 0 spiro atoms. The molecule has 0 aliphatic carbocycles. The number of rotatable bonds is 7. The first-order valence-electron chi connectivity index (χ1n) is 6.68. The number of hydrogen-bond donors (Lipinski definition) is 3. The van der Waals surface area contributed by atoms with Crippen LogP contribution in [0, 0.1) is 0 Å². The summed E-state index contributed by atoms with van der Waals surface area (Å²) in [7, 11) is 0. The zero-order chi connectivity index (χ0) is 15.9. The molecule has 7 heteroatoms. The van der Waals surface area contributed by atoms with Gasteiger partial charge >= 0.3 is 12.0 Å². The molecule has 0 unspecified atom stereocenters. The smallest absolute Gasteiger partial charge is 0.354 e. The number of ether oxygens (including phenoxy) is 1. The number of amides is 2. The van der Waals surface area contributed by atoms with E-state index in [0.717, 1.165) is 5.56 Å². The highest BCUT2D eigenvalue weighted by atomic mass is 16.5. The van der Waals surface area contributed by atoms with E-state index < -0.39 is 11.6 Å². The fraction of sp³-hybridized carbons (Fsp3) is 0.500. The highest BCUT2D eigenvalue weighted by Crippen LogP contribution is 2.06. The molecule has 2 amide bonds. The van der Waals surface area contributed by atoms with E-state index in [-0.39, 0.29) is 18.3 Å². The Kier molecular flexibility index (Phi) is 6.10. The van der Waals surface area contributed by atoms with Crippen LogP contribution in [0.1, 0.15) is 36.8 Å². The number of carboxylic acids is 1. The number of aromatic carboxylic acids is 1. The van der Waals surface area contributed by atoms with Gasteiger partial charge in [-0.25, -0.2) is 14.6 Å². The second kappa shape index (κ2) is 7.58. The standard InChI is InChI=1S/C14H21N3O4/c1-4-21-14(2,3)9-17-13(20)16-8-10-5-6-11(12(18)19)15-7-10/h5-7H,4,8-9H2,1-3H3,(H,18,19)(H2,16,17,20). The third-order valence-electron chi connectivity index (χ3n) is 2.71. The van der Waals surface area contributed by atoms with E-state index in [2.05, 4.69) is 15.6 Å². The summed E-state index contributed by atoms with van der Waals surface area (Å²) >= 11 is 0. The number of carbonyl (C=O) groups excluding carboxylic acids is 1. The molecule has 1 heterocycles. The second-order valence-corrected chi connectivity index (χ2v) is 5.09. The van der Waals surface area contributed by atoms with Crippen LogP contribution in [0.4, 0.5) is 4.79 Å². The van der Waals surface area contributed by atoms with Gasteiger partial charge in [0.2, 0.25) is 0 Å². The van der Waals surface area contributed by atoms with Gasteiger partial charge in [0.25, 0.3) is 0 Å². The molecule has 21 heavy (non-hydrogen) atoms. The van der Waals surface area contributed by atoms with Gasteiger partial charge in [-0.1, -0.05) is 6.07 Å². The highest BCUT2D eigenvalue weighted by Gasteiger charge is 2.18. The molecule has 1 rings (SSSR count). The molecular formula is C14H21N3O4. The molecule has 0 aromatic carbocycles. The Labute approximate surface area is 123 Å². The number of pyridine rings is 1. The summed E-state index contributed by atoms with van der Waals surface area (Å²) in [5, 5.41) is 14.1. The average molecular weight is 295 g/mol. The van der Waals surface area contributed by atoms with Crippen LogP contribution in [0.25, 0.3) is 0 Å². The van der Waals surface area contributed by atoms with Crippen molar-refractivity contribution in [3.63, 3.8) is 0 Å². The fourth-order valence-electron chi connectivity index (χ4n) is 1.64. The molecule has 0 radical (unpaired) electrons. The second-order valence-electron chi connectivity index (χ2n) is 5.09. The van der Waals surface area contributed by atoms with Gasteiger partial charge in [0, 0.05) is 25.9 Å². The zero-order valence-electron chi connectivity index (χ0n) is 12.5. The van der Waals surface area contributed by atoms with Crippen LogP contribution < -0.4 is 10.6 Å². The predicted molar refractivity (Wildman–Crippen MR) is 77.1 cm³/mol. The maximum atomic E-state index is 11.7. The lowest BCUT2D eigenvalue weighted by Crippen LogP contribution is -2.44. The Bertz CT molecular complexity index is 485. The zero-order valence-corrected chi connectivity index (χ0v) is 12.5. The van der Waals surface area contributed by atoms with Gasteiger partial charge in [-0.15, -0.1) is 0 Å². The van der Waals surface area contributed by atoms with Crippen molar-refractivity contribution in [2.75, 3.05) is 13.2 Å². The molecule has 0 saturated carbocycles. The Balaban J connectivity index is 2.37.